The highest BCUT2D eigenvalue weighted by atomic mass is 19.1. The number of benzene rings is 1. The Morgan fingerprint density at radius 3 is 2.92 bits per heavy atom. The first-order valence-electron chi connectivity index (χ1n) is 8.12. The summed E-state index contributed by atoms with van der Waals surface area (Å²) in [5.74, 6) is 0.451. The standard InChI is InChI=1S/C17H18FN5O2/c1-22-13(20-15-14(22)16(24)21-17(25)23(15)2)8-19-12-6-3-9-7-10(18)4-5-11(9)12/h4-5,7,12,19H,3,6,8H2,1-2H3,(H,21,24,25)/t12-/m0/s1. The van der Waals surface area contributed by atoms with Crippen LogP contribution in [0, 0.1) is 5.82 Å². The number of hydrogen-bond acceptors (Lipinski definition) is 4. The lowest BCUT2D eigenvalue weighted by molar-refractivity contribution is 0.513. The van der Waals surface area contributed by atoms with Crippen molar-refractivity contribution in [3.8, 4) is 0 Å². The highest BCUT2D eigenvalue weighted by molar-refractivity contribution is 5.70. The van der Waals surface area contributed by atoms with Gasteiger partial charge in [-0.3, -0.25) is 14.3 Å². The summed E-state index contributed by atoms with van der Waals surface area (Å²) in [6.07, 6.45) is 1.73. The monoisotopic (exact) mass is 343 g/mol. The maximum atomic E-state index is 13.3. The zero-order valence-electron chi connectivity index (χ0n) is 14.0. The van der Waals surface area contributed by atoms with Crippen LogP contribution in [0.25, 0.3) is 11.2 Å². The predicted molar refractivity (Wildman–Crippen MR) is 90.9 cm³/mol. The Labute approximate surface area is 142 Å². The highest BCUT2D eigenvalue weighted by Crippen LogP contribution is 2.31. The minimum Gasteiger partial charge on any atom is -0.324 e. The van der Waals surface area contributed by atoms with Crippen LogP contribution in [0.5, 0.6) is 0 Å². The van der Waals surface area contributed by atoms with Gasteiger partial charge in [-0.25, -0.2) is 14.2 Å². The lowest BCUT2D eigenvalue weighted by Crippen LogP contribution is -2.29. The van der Waals surface area contributed by atoms with E-state index in [0.717, 1.165) is 24.0 Å². The summed E-state index contributed by atoms with van der Waals surface area (Å²) in [6.45, 7) is 0.445. The van der Waals surface area contributed by atoms with Gasteiger partial charge in [0, 0.05) is 20.1 Å². The molecule has 2 heterocycles. The molecule has 3 aromatic rings. The second-order valence-electron chi connectivity index (χ2n) is 6.39. The van der Waals surface area contributed by atoms with Crippen LogP contribution < -0.4 is 16.6 Å². The molecular weight excluding hydrogens is 325 g/mol. The van der Waals surface area contributed by atoms with Crippen LogP contribution in [0.1, 0.15) is 29.4 Å². The van der Waals surface area contributed by atoms with Gasteiger partial charge in [0.05, 0.1) is 6.54 Å². The Bertz CT molecular complexity index is 1090. The average molecular weight is 343 g/mol. The van der Waals surface area contributed by atoms with E-state index in [1.54, 1.807) is 24.7 Å². The van der Waals surface area contributed by atoms with Gasteiger partial charge in [-0.05, 0) is 36.1 Å². The van der Waals surface area contributed by atoms with Gasteiger partial charge in [0.1, 0.15) is 11.6 Å². The molecule has 0 fully saturated rings. The van der Waals surface area contributed by atoms with Gasteiger partial charge < -0.3 is 9.88 Å². The minimum atomic E-state index is -0.484. The number of nitrogens with zero attached hydrogens (tertiary/aromatic N) is 3. The maximum Gasteiger partial charge on any atom is 0.329 e. The topological polar surface area (TPSA) is 84.7 Å². The van der Waals surface area contributed by atoms with Gasteiger partial charge in [-0.15, -0.1) is 0 Å². The second kappa shape index (κ2) is 5.66. The number of fused-ring (bicyclic) bond motifs is 2. The van der Waals surface area contributed by atoms with E-state index in [4.69, 9.17) is 0 Å². The lowest BCUT2D eigenvalue weighted by atomic mass is 10.1. The maximum absolute atomic E-state index is 13.3. The number of rotatable bonds is 3. The van der Waals surface area contributed by atoms with Gasteiger partial charge >= 0.3 is 5.69 Å². The van der Waals surface area contributed by atoms with Crippen molar-refractivity contribution in [2.24, 2.45) is 14.1 Å². The van der Waals surface area contributed by atoms with Crippen molar-refractivity contribution in [2.75, 3.05) is 0 Å². The molecule has 0 aliphatic heterocycles. The first-order chi connectivity index (χ1) is 12.0. The van der Waals surface area contributed by atoms with Crippen LogP contribution >= 0.6 is 0 Å². The predicted octanol–water partition coefficient (Wildman–Crippen LogP) is 0.876. The molecule has 0 spiro atoms. The highest BCUT2D eigenvalue weighted by Gasteiger charge is 2.23. The van der Waals surface area contributed by atoms with Gasteiger partial charge in [0.25, 0.3) is 5.56 Å². The molecule has 4 rings (SSSR count). The van der Waals surface area contributed by atoms with Crippen molar-refractivity contribution in [2.45, 2.75) is 25.4 Å². The minimum absolute atomic E-state index is 0.123. The van der Waals surface area contributed by atoms with E-state index in [-0.39, 0.29) is 11.9 Å². The van der Waals surface area contributed by atoms with Gasteiger partial charge in [0.15, 0.2) is 11.2 Å². The molecule has 2 N–H and O–H groups in total. The molecule has 0 radical (unpaired) electrons. The molecule has 8 heteroatoms. The Morgan fingerprint density at radius 2 is 2.12 bits per heavy atom. The second-order valence-corrected chi connectivity index (χ2v) is 6.39. The number of hydrogen-bond donors (Lipinski definition) is 2. The summed E-state index contributed by atoms with van der Waals surface area (Å²) in [6, 6.07) is 5.00. The molecule has 130 valence electrons. The van der Waals surface area contributed by atoms with E-state index in [9.17, 15) is 14.0 Å². The number of aromatic nitrogens is 4. The summed E-state index contributed by atoms with van der Waals surface area (Å²) in [5, 5.41) is 3.42. The molecular formula is C17H18FN5O2. The Balaban J connectivity index is 1.64. The van der Waals surface area contributed by atoms with E-state index in [1.165, 1.54) is 10.6 Å². The molecule has 1 aliphatic carbocycles. The zero-order valence-corrected chi connectivity index (χ0v) is 14.0. The van der Waals surface area contributed by atoms with Gasteiger partial charge in [0.2, 0.25) is 0 Å². The fourth-order valence-electron chi connectivity index (χ4n) is 3.52. The largest absolute Gasteiger partial charge is 0.329 e. The van der Waals surface area contributed by atoms with Crippen molar-refractivity contribution < 1.29 is 4.39 Å². The third-order valence-corrected chi connectivity index (χ3v) is 4.92. The van der Waals surface area contributed by atoms with Gasteiger partial charge in [-0.1, -0.05) is 6.07 Å². The molecule has 1 aliphatic rings. The van der Waals surface area contributed by atoms with Crippen molar-refractivity contribution in [3.05, 3.63) is 61.8 Å². The smallest absolute Gasteiger partial charge is 0.324 e. The third-order valence-electron chi connectivity index (χ3n) is 4.92. The fourth-order valence-corrected chi connectivity index (χ4v) is 3.52. The Hall–Kier alpha value is -2.74. The van der Waals surface area contributed by atoms with Crippen molar-refractivity contribution in [1.29, 1.82) is 0 Å². The van der Waals surface area contributed by atoms with Crippen LogP contribution in [0.2, 0.25) is 0 Å². The average Bonchev–Trinajstić information content (AvgIpc) is 3.12. The van der Waals surface area contributed by atoms with Crippen LogP contribution in [0.4, 0.5) is 4.39 Å². The number of nitrogens with one attached hydrogen (secondary N) is 2. The molecule has 0 amide bonds. The third kappa shape index (κ3) is 2.49. The van der Waals surface area contributed by atoms with Crippen molar-refractivity contribution >= 4 is 11.2 Å². The summed E-state index contributed by atoms with van der Waals surface area (Å²) >= 11 is 0. The Kier molecular flexibility index (Phi) is 3.57. The summed E-state index contributed by atoms with van der Waals surface area (Å²) in [7, 11) is 3.33. The van der Waals surface area contributed by atoms with Crippen LogP contribution in [0.15, 0.2) is 27.8 Å². The molecule has 0 saturated carbocycles. The number of imidazole rings is 1. The first-order valence-corrected chi connectivity index (χ1v) is 8.12. The molecule has 1 atom stereocenters. The summed E-state index contributed by atoms with van der Waals surface area (Å²) in [5.41, 5.74) is 1.93. The van der Waals surface area contributed by atoms with Crippen LogP contribution in [-0.2, 0) is 27.1 Å². The summed E-state index contributed by atoms with van der Waals surface area (Å²) in [4.78, 5) is 30.5. The van der Waals surface area contributed by atoms with Crippen LogP contribution in [0.3, 0.4) is 0 Å². The molecule has 0 bridgehead atoms. The molecule has 1 aromatic carbocycles. The number of H-pyrrole nitrogens is 1. The molecule has 0 unspecified atom stereocenters. The first kappa shape index (κ1) is 15.8. The number of halogens is 1. The van der Waals surface area contributed by atoms with Gasteiger partial charge in [-0.2, -0.15) is 0 Å². The van der Waals surface area contributed by atoms with E-state index < -0.39 is 11.2 Å². The fraction of sp³-hybridized carbons (Fsp3) is 0.353. The number of aromatic amines is 1. The SMILES string of the molecule is Cn1c(CN[C@H]2CCc3cc(F)ccc32)nc2c1c(=O)[nH]c(=O)n2C. The van der Waals surface area contributed by atoms with E-state index >= 15 is 0 Å². The van der Waals surface area contributed by atoms with E-state index in [0.29, 0.717) is 23.5 Å². The van der Waals surface area contributed by atoms with Crippen molar-refractivity contribution in [1.82, 2.24) is 24.4 Å². The van der Waals surface area contributed by atoms with Crippen molar-refractivity contribution in [3.63, 3.8) is 0 Å². The number of aryl methyl sites for hydroxylation is 3. The molecule has 0 saturated heterocycles. The quantitative estimate of drug-likeness (QED) is 0.739. The van der Waals surface area contributed by atoms with E-state index in [2.05, 4.69) is 15.3 Å². The molecule has 25 heavy (non-hydrogen) atoms. The lowest BCUT2D eigenvalue weighted by Gasteiger charge is -2.13. The summed E-state index contributed by atoms with van der Waals surface area (Å²) < 4.78 is 16.3. The normalized spacial score (nSPS) is 16.5. The molecule has 2 aromatic heterocycles. The Morgan fingerprint density at radius 1 is 1.32 bits per heavy atom. The molecule has 7 nitrogen and oxygen atoms in total. The van der Waals surface area contributed by atoms with Crippen LogP contribution in [-0.4, -0.2) is 19.1 Å². The van der Waals surface area contributed by atoms with E-state index in [1.807, 2.05) is 6.07 Å². The zero-order chi connectivity index (χ0) is 17.7.